The Bertz CT molecular complexity index is 378. The molecule has 2 aromatic rings. The largest absolute Gasteiger partial charge is 2.00 e. The van der Waals surface area contributed by atoms with Gasteiger partial charge in [-0.3, -0.25) is 9.97 Å². The van der Waals surface area contributed by atoms with Crippen LogP contribution in [0.1, 0.15) is 41.5 Å². The molecule has 118 valence electrons. The van der Waals surface area contributed by atoms with Gasteiger partial charge in [0.25, 0.3) is 0 Å². The summed E-state index contributed by atoms with van der Waals surface area (Å²) in [7, 11) is 0. The van der Waals surface area contributed by atoms with Crippen molar-refractivity contribution in [3.63, 3.8) is 0 Å². The van der Waals surface area contributed by atoms with Crippen LogP contribution in [0.15, 0.2) is 48.8 Å². The van der Waals surface area contributed by atoms with E-state index >= 15 is 0 Å². The zero-order chi connectivity index (χ0) is 15.4. The van der Waals surface area contributed by atoms with E-state index in [1.807, 2.05) is 36.4 Å². The maximum absolute atomic E-state index is 4.19. The van der Waals surface area contributed by atoms with Crippen LogP contribution in [0.3, 0.4) is 0 Å². The van der Waals surface area contributed by atoms with Gasteiger partial charge in [0, 0.05) is 12.4 Å². The minimum absolute atomic E-state index is 0. The minimum atomic E-state index is 0. The molecule has 0 N–H and O–H groups in total. The Balaban J connectivity index is 0. The summed E-state index contributed by atoms with van der Waals surface area (Å²) >= 11 is 0. The molecule has 0 saturated carbocycles. The Morgan fingerprint density at radius 1 is 0.619 bits per heavy atom. The molecule has 21 heavy (non-hydrogen) atoms. The molecule has 2 nitrogen and oxygen atoms in total. The van der Waals surface area contributed by atoms with E-state index < -0.39 is 0 Å². The molecule has 0 unspecified atom stereocenters. The second-order valence-corrected chi connectivity index (χ2v) is 5.43. The van der Waals surface area contributed by atoms with Crippen molar-refractivity contribution in [2.24, 2.45) is 0 Å². The average Bonchev–Trinajstić information content (AvgIpc) is 2.39. The monoisotopic (exact) mass is 465 g/mol. The summed E-state index contributed by atoms with van der Waals surface area (Å²) in [6.45, 7) is 12.5. The molecule has 0 amide bonds. The van der Waals surface area contributed by atoms with Crippen LogP contribution >= 0.6 is 0 Å². The van der Waals surface area contributed by atoms with E-state index in [4.69, 9.17) is 0 Å². The van der Waals surface area contributed by atoms with Gasteiger partial charge in [0.05, 0.1) is 11.4 Å². The van der Waals surface area contributed by atoms with Gasteiger partial charge in [-0.1, -0.05) is 12.1 Å². The van der Waals surface area contributed by atoms with Crippen LogP contribution in [-0.4, -0.2) is 9.97 Å². The fraction of sp³-hybridized carbons (Fsp3) is 0.333. The molecule has 0 spiro atoms. The fourth-order valence-corrected chi connectivity index (χ4v) is 1.03. The maximum atomic E-state index is 4.19. The van der Waals surface area contributed by atoms with E-state index in [1.54, 1.807) is 12.4 Å². The van der Waals surface area contributed by atoms with Gasteiger partial charge in [0.2, 0.25) is 0 Å². The van der Waals surface area contributed by atoms with Gasteiger partial charge in [-0.2, -0.15) is 41.5 Å². The molecule has 0 bridgehead atoms. The Morgan fingerprint density at radius 3 is 1.10 bits per heavy atom. The average molecular weight is 465 g/mol. The van der Waals surface area contributed by atoms with E-state index in [0.29, 0.717) is 0 Å². The van der Waals surface area contributed by atoms with Gasteiger partial charge >= 0.3 is 21.1 Å². The quantitative estimate of drug-likeness (QED) is 0.529. The van der Waals surface area contributed by atoms with Crippen molar-refractivity contribution >= 4 is 0 Å². The topological polar surface area (TPSA) is 25.8 Å². The smallest absolute Gasteiger partial charge is 0.323 e. The van der Waals surface area contributed by atoms with Crippen molar-refractivity contribution in [1.82, 2.24) is 9.97 Å². The van der Waals surface area contributed by atoms with E-state index in [9.17, 15) is 0 Å². The third-order valence-electron chi connectivity index (χ3n) is 1.59. The van der Waals surface area contributed by atoms with Crippen molar-refractivity contribution in [2.75, 3.05) is 0 Å². The molecule has 0 aliphatic rings. The third-order valence-corrected chi connectivity index (χ3v) is 1.59. The third kappa shape index (κ3) is 15.2. The van der Waals surface area contributed by atoms with Crippen molar-refractivity contribution in [1.29, 1.82) is 0 Å². The van der Waals surface area contributed by atoms with Gasteiger partial charge in [-0.15, -0.1) is 0 Å². The molecular formula is C18H26N2Pt. The summed E-state index contributed by atoms with van der Waals surface area (Å²) in [6.07, 6.45) is 3.54. The van der Waals surface area contributed by atoms with Crippen LogP contribution < -0.4 is 0 Å². The van der Waals surface area contributed by atoms with Gasteiger partial charge in [0.15, 0.2) is 0 Å². The number of rotatable bonds is 1. The summed E-state index contributed by atoms with van der Waals surface area (Å²) in [6, 6.07) is 11.6. The predicted molar refractivity (Wildman–Crippen MR) is 88.0 cm³/mol. The number of nitrogens with zero attached hydrogens (tertiary/aromatic N) is 2. The molecule has 2 rings (SSSR count). The van der Waals surface area contributed by atoms with Crippen LogP contribution in [0.5, 0.6) is 0 Å². The van der Waals surface area contributed by atoms with Crippen molar-refractivity contribution < 1.29 is 21.1 Å². The molecule has 0 saturated heterocycles. The first-order valence-electron chi connectivity index (χ1n) is 6.79. The Morgan fingerprint density at radius 2 is 0.905 bits per heavy atom. The summed E-state index contributed by atoms with van der Waals surface area (Å²) in [5, 5.41) is 0. The Hall–Kier alpha value is -1.01. The number of hydrogen-bond donors (Lipinski definition) is 0. The van der Waals surface area contributed by atoms with E-state index in [2.05, 4.69) is 51.5 Å². The predicted octanol–water partition coefficient (Wildman–Crippen LogP) is 5.38. The van der Waals surface area contributed by atoms with Gasteiger partial charge in [-0.25, -0.2) is 0 Å². The van der Waals surface area contributed by atoms with Crippen LogP contribution in [-0.2, 0) is 21.1 Å². The van der Waals surface area contributed by atoms with Crippen LogP contribution in [0.2, 0.25) is 0 Å². The van der Waals surface area contributed by atoms with Crippen LogP contribution in [0.4, 0.5) is 0 Å². The molecular weight excluding hydrogens is 439 g/mol. The molecule has 2 heterocycles. The second-order valence-electron chi connectivity index (χ2n) is 5.43. The minimum Gasteiger partial charge on any atom is -0.323 e. The van der Waals surface area contributed by atoms with E-state index in [-0.39, 0.29) is 21.1 Å². The fourth-order valence-electron chi connectivity index (χ4n) is 1.03. The van der Waals surface area contributed by atoms with E-state index in [1.165, 1.54) is 11.8 Å². The summed E-state index contributed by atoms with van der Waals surface area (Å²) in [4.78, 5) is 8.37. The molecule has 0 aromatic carbocycles. The molecule has 3 heteroatoms. The summed E-state index contributed by atoms with van der Waals surface area (Å²) in [5.74, 6) is 2.83. The standard InChI is InChI=1S/C10H8N2.2C4H9.Pt/c1-3-7-11-9(5-1)10-6-2-4-8-12-10;2*1-4(2)3;/h1-8H;2*1-3H3;/q;2*-1;+2. The van der Waals surface area contributed by atoms with Crippen LogP contribution in [0.25, 0.3) is 11.4 Å². The number of pyridine rings is 2. The molecule has 0 atom stereocenters. The summed E-state index contributed by atoms with van der Waals surface area (Å²) < 4.78 is 0. The zero-order valence-corrected chi connectivity index (χ0v) is 16.1. The Labute approximate surface area is 144 Å². The first kappa shape index (κ1) is 22.3. The van der Waals surface area contributed by atoms with Gasteiger partial charge < -0.3 is 11.8 Å². The first-order chi connectivity index (χ1) is 9.43. The maximum Gasteiger partial charge on any atom is 2.00 e. The van der Waals surface area contributed by atoms with E-state index in [0.717, 1.165) is 11.4 Å². The second kappa shape index (κ2) is 13.9. The van der Waals surface area contributed by atoms with Crippen molar-refractivity contribution in [3.8, 4) is 11.4 Å². The molecule has 0 radical (unpaired) electrons. The first-order valence-corrected chi connectivity index (χ1v) is 6.79. The molecule has 2 aromatic heterocycles. The van der Waals surface area contributed by atoms with Crippen molar-refractivity contribution in [3.05, 3.63) is 60.6 Å². The number of aromatic nitrogens is 2. The molecule has 0 aliphatic heterocycles. The molecule has 0 aliphatic carbocycles. The summed E-state index contributed by atoms with van der Waals surface area (Å²) in [5.41, 5.74) is 1.83. The SMILES string of the molecule is C[C-](C)C.C[C-](C)C.[Pt+2].c1ccc(-c2ccccn2)nc1. The number of hydrogen-bond acceptors (Lipinski definition) is 2. The van der Waals surface area contributed by atoms with Gasteiger partial charge in [-0.05, 0) is 24.3 Å². The zero-order valence-electron chi connectivity index (χ0n) is 13.8. The van der Waals surface area contributed by atoms with Gasteiger partial charge in [0.1, 0.15) is 0 Å². The van der Waals surface area contributed by atoms with Crippen molar-refractivity contribution in [2.45, 2.75) is 41.5 Å². The molecule has 0 fully saturated rings. The van der Waals surface area contributed by atoms with Crippen LogP contribution in [0, 0.1) is 11.8 Å². The normalized spacial score (nSPS) is 8.95. The Kier molecular flexibility index (Phi) is 14.8.